The Morgan fingerprint density at radius 2 is 2.10 bits per heavy atom. The van der Waals surface area contributed by atoms with Gasteiger partial charge in [-0.25, -0.2) is 4.39 Å². The topological polar surface area (TPSA) is 71.1 Å². The summed E-state index contributed by atoms with van der Waals surface area (Å²) >= 11 is 0. The second-order valence-electron chi connectivity index (χ2n) is 5.24. The molecule has 0 saturated carbocycles. The van der Waals surface area contributed by atoms with Crippen LogP contribution in [0.15, 0.2) is 23.4 Å². The lowest BCUT2D eigenvalue weighted by Gasteiger charge is -2.35. The zero-order chi connectivity index (χ0) is 14.7. The van der Waals surface area contributed by atoms with E-state index in [-0.39, 0.29) is 18.0 Å². The number of benzene rings is 1. The number of hydrogen-bond donors (Lipinski definition) is 2. The Morgan fingerprint density at radius 1 is 1.45 bits per heavy atom. The van der Waals surface area contributed by atoms with Crippen molar-refractivity contribution in [2.45, 2.75) is 32.6 Å². The van der Waals surface area contributed by atoms with E-state index in [1.807, 2.05) is 13.8 Å². The summed E-state index contributed by atoms with van der Waals surface area (Å²) in [6, 6.07) is 4.35. The van der Waals surface area contributed by atoms with Crippen LogP contribution >= 0.6 is 0 Å². The average molecular weight is 281 g/mol. The number of nitrogens with two attached hydrogens (primary N) is 1. The van der Waals surface area contributed by atoms with Crippen molar-refractivity contribution in [3.63, 3.8) is 0 Å². The van der Waals surface area contributed by atoms with Crippen LogP contribution in [0.3, 0.4) is 0 Å². The molecule has 0 aliphatic carbocycles. The van der Waals surface area contributed by atoms with Crippen molar-refractivity contribution < 1.29 is 14.3 Å². The second kappa shape index (κ2) is 6.19. The highest BCUT2D eigenvalue weighted by atomic mass is 19.1. The predicted octanol–water partition coefficient (Wildman–Crippen LogP) is 1.53. The van der Waals surface area contributed by atoms with Crippen LogP contribution in [0, 0.1) is 5.82 Å². The van der Waals surface area contributed by atoms with E-state index in [4.69, 9.17) is 15.7 Å². The van der Waals surface area contributed by atoms with Crippen molar-refractivity contribution in [2.24, 2.45) is 10.9 Å². The van der Waals surface area contributed by atoms with Gasteiger partial charge in [-0.2, -0.15) is 0 Å². The van der Waals surface area contributed by atoms with Crippen molar-refractivity contribution in [3.05, 3.63) is 35.1 Å². The van der Waals surface area contributed by atoms with Crippen LogP contribution in [0.4, 0.5) is 4.39 Å². The van der Waals surface area contributed by atoms with Crippen LogP contribution < -0.4 is 5.73 Å². The maximum atomic E-state index is 13.3. The van der Waals surface area contributed by atoms with E-state index in [1.54, 1.807) is 6.07 Å². The summed E-state index contributed by atoms with van der Waals surface area (Å²) in [5.74, 6) is -0.479. The predicted molar refractivity (Wildman–Crippen MR) is 74.2 cm³/mol. The van der Waals surface area contributed by atoms with Crippen LogP contribution in [0.1, 0.15) is 25.0 Å². The number of ether oxygens (including phenoxy) is 1. The highest BCUT2D eigenvalue weighted by Crippen LogP contribution is 2.18. The van der Waals surface area contributed by atoms with E-state index in [0.29, 0.717) is 12.1 Å². The molecule has 1 heterocycles. The summed E-state index contributed by atoms with van der Waals surface area (Å²) in [5, 5.41) is 11.8. The minimum Gasteiger partial charge on any atom is -0.409 e. The number of amidine groups is 1. The number of rotatable bonds is 3. The van der Waals surface area contributed by atoms with Gasteiger partial charge in [-0.05, 0) is 31.5 Å². The summed E-state index contributed by atoms with van der Waals surface area (Å²) in [4.78, 5) is 2.22. The largest absolute Gasteiger partial charge is 0.409 e. The van der Waals surface area contributed by atoms with Gasteiger partial charge in [0.05, 0.1) is 12.2 Å². The molecule has 1 saturated heterocycles. The number of morpholine rings is 1. The molecule has 1 aliphatic rings. The minimum atomic E-state index is -0.404. The first-order valence-corrected chi connectivity index (χ1v) is 6.63. The van der Waals surface area contributed by atoms with Crippen LogP contribution in [0.2, 0.25) is 0 Å². The zero-order valence-electron chi connectivity index (χ0n) is 11.7. The molecule has 1 aromatic carbocycles. The lowest BCUT2D eigenvalue weighted by Crippen LogP contribution is -2.45. The first kappa shape index (κ1) is 14.7. The first-order valence-electron chi connectivity index (χ1n) is 6.63. The molecule has 5 nitrogen and oxygen atoms in total. The molecule has 2 atom stereocenters. The molecule has 110 valence electrons. The molecule has 0 bridgehead atoms. The van der Waals surface area contributed by atoms with Gasteiger partial charge in [0, 0.05) is 25.2 Å². The fourth-order valence-corrected chi connectivity index (χ4v) is 2.63. The Morgan fingerprint density at radius 3 is 2.70 bits per heavy atom. The highest BCUT2D eigenvalue weighted by molar-refractivity contribution is 5.98. The van der Waals surface area contributed by atoms with Gasteiger partial charge < -0.3 is 15.7 Å². The average Bonchev–Trinajstić information content (AvgIpc) is 2.38. The Balaban J connectivity index is 2.20. The lowest BCUT2D eigenvalue weighted by molar-refractivity contribution is -0.0705. The van der Waals surface area contributed by atoms with Gasteiger partial charge in [0.1, 0.15) is 5.82 Å². The molecule has 3 N–H and O–H groups in total. The standard InChI is InChI=1S/C14H20FN3O2/c1-9-6-18(7-10(2)20-9)8-11-3-4-12(15)5-13(11)14(16)17-19/h3-5,9-10,19H,6-8H2,1-2H3,(H2,16,17). The van der Waals surface area contributed by atoms with Gasteiger partial charge in [-0.15, -0.1) is 0 Å². The van der Waals surface area contributed by atoms with Gasteiger partial charge in [-0.3, -0.25) is 4.90 Å². The smallest absolute Gasteiger partial charge is 0.170 e. The third-order valence-electron chi connectivity index (χ3n) is 3.34. The molecule has 2 rings (SSSR count). The summed E-state index contributed by atoms with van der Waals surface area (Å²) in [6.07, 6.45) is 0.318. The van der Waals surface area contributed by atoms with Gasteiger partial charge >= 0.3 is 0 Å². The quantitative estimate of drug-likeness (QED) is 0.381. The Kier molecular flexibility index (Phi) is 4.57. The zero-order valence-corrected chi connectivity index (χ0v) is 11.7. The molecule has 0 amide bonds. The SMILES string of the molecule is CC1CN(Cc2ccc(F)cc2C(N)=NO)CC(C)O1. The highest BCUT2D eigenvalue weighted by Gasteiger charge is 2.23. The van der Waals surface area contributed by atoms with Gasteiger partial charge in [0.2, 0.25) is 0 Å². The molecule has 20 heavy (non-hydrogen) atoms. The molecular formula is C14H20FN3O2. The van der Waals surface area contributed by atoms with Crippen LogP contribution in [0.5, 0.6) is 0 Å². The fraction of sp³-hybridized carbons (Fsp3) is 0.500. The van der Waals surface area contributed by atoms with Crippen LogP contribution in [-0.2, 0) is 11.3 Å². The minimum absolute atomic E-state index is 0.0751. The molecule has 6 heteroatoms. The van der Waals surface area contributed by atoms with Crippen molar-refractivity contribution >= 4 is 5.84 Å². The van der Waals surface area contributed by atoms with Gasteiger partial charge in [-0.1, -0.05) is 11.2 Å². The van der Waals surface area contributed by atoms with E-state index >= 15 is 0 Å². The van der Waals surface area contributed by atoms with Crippen molar-refractivity contribution in [1.29, 1.82) is 0 Å². The summed E-state index contributed by atoms with van der Waals surface area (Å²) < 4.78 is 19.0. The first-order chi connectivity index (χ1) is 9.49. The Labute approximate surface area is 117 Å². The summed E-state index contributed by atoms with van der Waals surface area (Å²) in [7, 11) is 0. The molecule has 1 fully saturated rings. The maximum absolute atomic E-state index is 13.3. The summed E-state index contributed by atoms with van der Waals surface area (Å²) in [5.41, 5.74) is 6.88. The van der Waals surface area contributed by atoms with Crippen molar-refractivity contribution in [2.75, 3.05) is 13.1 Å². The Hall–Kier alpha value is -1.66. The second-order valence-corrected chi connectivity index (χ2v) is 5.24. The monoisotopic (exact) mass is 281 g/mol. The maximum Gasteiger partial charge on any atom is 0.170 e. The van der Waals surface area contributed by atoms with E-state index in [9.17, 15) is 4.39 Å². The van der Waals surface area contributed by atoms with Gasteiger partial charge in [0.25, 0.3) is 0 Å². The van der Waals surface area contributed by atoms with Crippen LogP contribution in [0.25, 0.3) is 0 Å². The van der Waals surface area contributed by atoms with Crippen molar-refractivity contribution in [1.82, 2.24) is 4.90 Å². The number of nitrogens with zero attached hydrogens (tertiary/aromatic N) is 2. The fourth-order valence-electron chi connectivity index (χ4n) is 2.63. The van der Waals surface area contributed by atoms with E-state index < -0.39 is 5.82 Å². The van der Waals surface area contributed by atoms with E-state index in [2.05, 4.69) is 10.1 Å². The third-order valence-corrected chi connectivity index (χ3v) is 3.34. The van der Waals surface area contributed by atoms with Crippen molar-refractivity contribution in [3.8, 4) is 0 Å². The lowest BCUT2D eigenvalue weighted by atomic mass is 10.0. The van der Waals surface area contributed by atoms with E-state index in [0.717, 1.165) is 18.7 Å². The number of halogens is 1. The number of oxime groups is 1. The number of hydrogen-bond acceptors (Lipinski definition) is 4. The van der Waals surface area contributed by atoms with Crippen LogP contribution in [-0.4, -0.2) is 41.2 Å². The third kappa shape index (κ3) is 3.46. The summed E-state index contributed by atoms with van der Waals surface area (Å²) in [6.45, 7) is 6.27. The molecule has 0 spiro atoms. The Bertz CT molecular complexity index is 497. The molecular weight excluding hydrogens is 261 g/mol. The molecule has 2 unspecified atom stereocenters. The van der Waals surface area contributed by atoms with E-state index in [1.165, 1.54) is 12.1 Å². The molecule has 1 aromatic rings. The molecule has 1 aliphatic heterocycles. The molecule has 0 radical (unpaired) electrons. The molecule has 0 aromatic heterocycles. The normalized spacial score (nSPS) is 24.9. The van der Waals surface area contributed by atoms with Gasteiger partial charge in [0.15, 0.2) is 5.84 Å².